The minimum absolute atomic E-state index is 0.0161. The van der Waals surface area contributed by atoms with Crippen molar-refractivity contribution in [3.05, 3.63) is 58.6 Å². The summed E-state index contributed by atoms with van der Waals surface area (Å²) >= 11 is 0. The molecule has 2 aromatic rings. The third-order valence-corrected chi connectivity index (χ3v) is 3.11. The molecule has 0 aromatic heterocycles. The second kappa shape index (κ2) is 6.04. The number of para-hydroxylation sites is 2. The van der Waals surface area contributed by atoms with Gasteiger partial charge in [0.15, 0.2) is 0 Å². The number of amides is 1. The Bertz CT molecular complexity index is 668. The van der Waals surface area contributed by atoms with Gasteiger partial charge in [0.1, 0.15) is 5.69 Å². The first kappa shape index (κ1) is 14.5. The summed E-state index contributed by atoms with van der Waals surface area (Å²) in [4.78, 5) is 23.3. The number of hydrogen-bond donors (Lipinski definition) is 1. The first-order valence-corrected chi connectivity index (χ1v) is 6.34. The van der Waals surface area contributed by atoms with Crippen molar-refractivity contribution in [2.45, 2.75) is 6.92 Å². The van der Waals surface area contributed by atoms with E-state index in [4.69, 9.17) is 0 Å². The summed E-state index contributed by atoms with van der Waals surface area (Å²) in [6.45, 7) is 1.49. The second-order valence-electron chi connectivity index (χ2n) is 4.52. The molecular formula is C15H15N3O3. The van der Waals surface area contributed by atoms with Crippen molar-refractivity contribution in [1.29, 1.82) is 0 Å². The highest BCUT2D eigenvalue weighted by Gasteiger charge is 2.12. The van der Waals surface area contributed by atoms with Crippen LogP contribution >= 0.6 is 0 Å². The van der Waals surface area contributed by atoms with Gasteiger partial charge in [-0.2, -0.15) is 0 Å². The van der Waals surface area contributed by atoms with E-state index in [1.165, 1.54) is 17.9 Å². The fourth-order valence-corrected chi connectivity index (χ4v) is 1.84. The number of nitrogens with zero attached hydrogens (tertiary/aromatic N) is 2. The summed E-state index contributed by atoms with van der Waals surface area (Å²) in [6.07, 6.45) is 0. The zero-order valence-electron chi connectivity index (χ0n) is 11.7. The van der Waals surface area contributed by atoms with E-state index in [0.29, 0.717) is 11.4 Å². The lowest BCUT2D eigenvalue weighted by Gasteiger charge is -2.15. The molecular weight excluding hydrogens is 270 g/mol. The molecule has 0 saturated heterocycles. The molecule has 21 heavy (non-hydrogen) atoms. The predicted molar refractivity (Wildman–Crippen MR) is 81.9 cm³/mol. The highest BCUT2D eigenvalue weighted by atomic mass is 16.6. The lowest BCUT2D eigenvalue weighted by atomic mass is 10.2. The maximum Gasteiger partial charge on any atom is 0.292 e. The molecule has 0 fully saturated rings. The van der Waals surface area contributed by atoms with E-state index in [1.54, 1.807) is 49.5 Å². The van der Waals surface area contributed by atoms with Gasteiger partial charge in [0.25, 0.3) is 5.69 Å². The fourth-order valence-electron chi connectivity index (χ4n) is 1.84. The van der Waals surface area contributed by atoms with Crippen molar-refractivity contribution < 1.29 is 9.72 Å². The van der Waals surface area contributed by atoms with Crippen LogP contribution in [0.4, 0.5) is 22.7 Å². The molecule has 1 amide bonds. The zero-order chi connectivity index (χ0) is 15.4. The quantitative estimate of drug-likeness (QED) is 0.690. The molecule has 0 bridgehead atoms. The fraction of sp³-hybridized carbons (Fsp3) is 0.133. The Morgan fingerprint density at radius 1 is 1.14 bits per heavy atom. The number of benzene rings is 2. The predicted octanol–water partition coefficient (Wildman–Crippen LogP) is 3.32. The highest BCUT2D eigenvalue weighted by molar-refractivity contribution is 5.91. The molecule has 0 heterocycles. The van der Waals surface area contributed by atoms with Crippen molar-refractivity contribution >= 4 is 28.7 Å². The molecule has 6 heteroatoms. The van der Waals surface area contributed by atoms with Gasteiger partial charge in [0, 0.05) is 31.4 Å². The third kappa shape index (κ3) is 3.36. The number of rotatable bonds is 4. The van der Waals surface area contributed by atoms with Crippen LogP contribution in [-0.2, 0) is 4.79 Å². The minimum atomic E-state index is -0.430. The lowest BCUT2D eigenvalue weighted by Crippen LogP contribution is -2.22. The maximum absolute atomic E-state index is 11.3. The highest BCUT2D eigenvalue weighted by Crippen LogP contribution is 2.27. The molecule has 0 aliphatic heterocycles. The molecule has 2 aromatic carbocycles. The first-order chi connectivity index (χ1) is 9.99. The van der Waals surface area contributed by atoms with Crippen LogP contribution in [0.5, 0.6) is 0 Å². The molecule has 108 valence electrons. The number of anilines is 3. The van der Waals surface area contributed by atoms with Crippen molar-refractivity contribution in [1.82, 2.24) is 0 Å². The molecule has 0 aliphatic carbocycles. The van der Waals surface area contributed by atoms with Gasteiger partial charge >= 0.3 is 0 Å². The monoisotopic (exact) mass is 285 g/mol. The van der Waals surface area contributed by atoms with Crippen molar-refractivity contribution in [3.63, 3.8) is 0 Å². The Labute approximate surface area is 122 Å². The van der Waals surface area contributed by atoms with Crippen LogP contribution in [-0.4, -0.2) is 17.9 Å². The van der Waals surface area contributed by atoms with Crippen molar-refractivity contribution in [2.24, 2.45) is 0 Å². The first-order valence-electron chi connectivity index (χ1n) is 6.34. The molecule has 0 radical (unpaired) electrons. The Morgan fingerprint density at radius 3 is 2.33 bits per heavy atom. The van der Waals surface area contributed by atoms with Crippen LogP contribution in [0.1, 0.15) is 6.92 Å². The maximum atomic E-state index is 11.3. The molecule has 0 spiro atoms. The SMILES string of the molecule is CC(=O)N(C)c1ccc(Nc2ccccc2[N+](=O)[O-])cc1. The van der Waals surface area contributed by atoms with E-state index in [9.17, 15) is 14.9 Å². The number of carbonyl (C=O) groups is 1. The summed E-state index contributed by atoms with van der Waals surface area (Å²) in [5.41, 5.74) is 1.92. The Kier molecular flexibility index (Phi) is 4.18. The third-order valence-electron chi connectivity index (χ3n) is 3.11. The summed E-state index contributed by atoms with van der Waals surface area (Å²) in [5, 5.41) is 14.0. The standard InChI is InChI=1S/C15H15N3O3/c1-11(19)17(2)13-9-7-12(8-10-13)16-14-5-3-4-6-15(14)18(20)21/h3-10,16H,1-2H3. The van der Waals surface area contributed by atoms with Gasteiger partial charge in [0.05, 0.1) is 4.92 Å². The Hall–Kier alpha value is -2.89. The largest absolute Gasteiger partial charge is 0.350 e. The summed E-state index contributed by atoms with van der Waals surface area (Å²) in [7, 11) is 1.69. The molecule has 2 rings (SSSR count). The van der Waals surface area contributed by atoms with Gasteiger partial charge in [-0.3, -0.25) is 14.9 Å². The van der Waals surface area contributed by atoms with E-state index in [-0.39, 0.29) is 11.6 Å². The molecule has 0 atom stereocenters. The number of hydrogen-bond acceptors (Lipinski definition) is 4. The van der Waals surface area contributed by atoms with Crippen LogP contribution in [0.2, 0.25) is 0 Å². The molecule has 6 nitrogen and oxygen atoms in total. The van der Waals surface area contributed by atoms with Gasteiger partial charge in [-0.05, 0) is 30.3 Å². The van der Waals surface area contributed by atoms with Gasteiger partial charge in [0.2, 0.25) is 5.91 Å². The van der Waals surface area contributed by atoms with Gasteiger partial charge in [-0.25, -0.2) is 0 Å². The second-order valence-corrected chi connectivity index (χ2v) is 4.52. The van der Waals surface area contributed by atoms with Crippen molar-refractivity contribution in [3.8, 4) is 0 Å². The Morgan fingerprint density at radius 2 is 1.76 bits per heavy atom. The Balaban J connectivity index is 2.22. The van der Waals surface area contributed by atoms with E-state index >= 15 is 0 Å². The normalized spacial score (nSPS) is 10.0. The van der Waals surface area contributed by atoms with Crippen LogP contribution in [0.3, 0.4) is 0 Å². The molecule has 0 unspecified atom stereocenters. The number of nitrogens with one attached hydrogen (secondary N) is 1. The summed E-state index contributed by atoms with van der Waals surface area (Å²) in [5.74, 6) is -0.0607. The minimum Gasteiger partial charge on any atom is -0.350 e. The average molecular weight is 285 g/mol. The van der Waals surface area contributed by atoms with E-state index in [2.05, 4.69) is 5.32 Å². The van der Waals surface area contributed by atoms with Crippen LogP contribution in [0, 0.1) is 10.1 Å². The zero-order valence-corrected chi connectivity index (χ0v) is 11.7. The van der Waals surface area contributed by atoms with E-state index in [0.717, 1.165) is 5.69 Å². The van der Waals surface area contributed by atoms with Gasteiger partial charge < -0.3 is 10.2 Å². The van der Waals surface area contributed by atoms with Crippen molar-refractivity contribution in [2.75, 3.05) is 17.3 Å². The van der Waals surface area contributed by atoms with Crippen LogP contribution in [0.15, 0.2) is 48.5 Å². The van der Waals surface area contributed by atoms with E-state index in [1.807, 2.05) is 0 Å². The summed E-state index contributed by atoms with van der Waals surface area (Å²) in [6, 6.07) is 13.5. The topological polar surface area (TPSA) is 75.5 Å². The lowest BCUT2D eigenvalue weighted by molar-refractivity contribution is -0.383. The van der Waals surface area contributed by atoms with Gasteiger partial charge in [-0.1, -0.05) is 12.1 Å². The van der Waals surface area contributed by atoms with E-state index < -0.39 is 4.92 Å². The van der Waals surface area contributed by atoms with Crippen LogP contribution < -0.4 is 10.2 Å². The number of carbonyl (C=O) groups excluding carboxylic acids is 1. The molecule has 1 N–H and O–H groups in total. The smallest absolute Gasteiger partial charge is 0.292 e. The molecule has 0 aliphatic rings. The number of nitro benzene ring substituents is 1. The average Bonchev–Trinajstić information content (AvgIpc) is 2.47. The number of nitro groups is 1. The molecule has 0 saturated carbocycles. The van der Waals surface area contributed by atoms with Crippen LogP contribution in [0.25, 0.3) is 0 Å². The summed E-state index contributed by atoms with van der Waals surface area (Å²) < 4.78 is 0. The van der Waals surface area contributed by atoms with Gasteiger partial charge in [-0.15, -0.1) is 0 Å².